The first-order valence-electron chi connectivity index (χ1n) is 14.0. The topological polar surface area (TPSA) is 56.9 Å². The molecule has 40 heavy (non-hydrogen) atoms. The maximum Gasteiger partial charge on any atom is 1.00 e. The molecule has 4 aliphatic rings. The molecule has 0 amide bonds. The van der Waals surface area contributed by atoms with E-state index in [1.54, 1.807) is 0 Å². The number of fused-ring (bicyclic) bond motifs is 1. The van der Waals surface area contributed by atoms with Crippen LogP contribution in [-0.4, -0.2) is 38.8 Å². The third-order valence-corrected chi connectivity index (χ3v) is 8.75. The Morgan fingerprint density at radius 1 is 0.950 bits per heavy atom. The number of hydrogen-bond donors (Lipinski definition) is 1. The van der Waals surface area contributed by atoms with Crippen LogP contribution in [0.2, 0.25) is 0 Å². The van der Waals surface area contributed by atoms with Gasteiger partial charge in [-0.2, -0.15) is 10.2 Å². The van der Waals surface area contributed by atoms with Crippen molar-refractivity contribution >= 4 is 5.69 Å². The molecule has 1 saturated heterocycles. The summed E-state index contributed by atoms with van der Waals surface area (Å²) >= 11 is 0. The van der Waals surface area contributed by atoms with Crippen LogP contribution in [-0.2, 0) is 4.74 Å². The van der Waals surface area contributed by atoms with E-state index in [4.69, 9.17) is 14.9 Å². The number of hydrogen-bond acceptors (Lipinski definition) is 4. The zero-order valence-corrected chi connectivity index (χ0v) is 25.8. The normalized spacial score (nSPS) is 21.2. The van der Waals surface area contributed by atoms with Crippen LogP contribution in [0.5, 0.6) is 0 Å². The molecule has 2 bridgehead atoms. The zero-order chi connectivity index (χ0) is 27.0. The Labute approximate surface area is 256 Å². The fraction of sp³-hybridized carbons (Fsp3) is 0.548. The molecule has 6 nitrogen and oxygen atoms in total. The summed E-state index contributed by atoms with van der Waals surface area (Å²) in [5.41, 5.74) is 6.76. The molecule has 3 atom stereocenters. The van der Waals surface area contributed by atoms with E-state index in [0.29, 0.717) is 5.92 Å². The molecule has 3 aliphatic carbocycles. The standard InChI is InChI=1S/C27H34FN5.C4H8O.ClH.Li/c1-16-13-18(3)32(30-16)26(33-19(4)14-17(2)31-33)25(29-22-10-8-21(28)9-11-22)23-12-7-20-15-24(23)27(20,5)6;1-2-4-5-3-1;;/h8-14,20,24-26,29H,7,15H2,1-6H3;1-4H2;1H;/q;;;+1/p-1/t20-,24-,25+;;;/m0.../s1. The fourth-order valence-corrected chi connectivity index (χ4v) is 6.53. The maximum absolute atomic E-state index is 13.7. The molecule has 0 radical (unpaired) electrons. The van der Waals surface area contributed by atoms with E-state index in [9.17, 15) is 4.39 Å². The summed E-state index contributed by atoms with van der Waals surface area (Å²) in [6.07, 6.45) is 7.13. The summed E-state index contributed by atoms with van der Waals surface area (Å²) in [5, 5.41) is 13.6. The van der Waals surface area contributed by atoms with Gasteiger partial charge in [0.25, 0.3) is 0 Å². The summed E-state index contributed by atoms with van der Waals surface area (Å²) in [6.45, 7) is 15.1. The summed E-state index contributed by atoms with van der Waals surface area (Å²) in [5.74, 6) is 1.02. The van der Waals surface area contributed by atoms with Gasteiger partial charge in [-0.3, -0.25) is 0 Å². The number of ether oxygens (including phenoxy) is 1. The fourth-order valence-electron chi connectivity index (χ4n) is 6.53. The second-order valence-electron chi connectivity index (χ2n) is 11.9. The van der Waals surface area contributed by atoms with E-state index in [1.807, 2.05) is 26.0 Å². The Bertz CT molecular complexity index is 1240. The van der Waals surface area contributed by atoms with Gasteiger partial charge in [0.2, 0.25) is 0 Å². The average molecular weight is 562 g/mol. The minimum Gasteiger partial charge on any atom is -1.00 e. The first-order valence-corrected chi connectivity index (χ1v) is 14.0. The van der Waals surface area contributed by atoms with Crippen molar-refractivity contribution in [3.8, 4) is 0 Å². The van der Waals surface area contributed by atoms with Crippen molar-refractivity contribution in [3.63, 3.8) is 0 Å². The van der Waals surface area contributed by atoms with Crippen LogP contribution in [0.1, 0.15) is 68.5 Å². The Kier molecular flexibility index (Phi) is 10.8. The van der Waals surface area contributed by atoms with Crippen LogP contribution in [0.25, 0.3) is 0 Å². The van der Waals surface area contributed by atoms with E-state index >= 15 is 0 Å². The first kappa shape index (κ1) is 32.5. The number of aromatic nitrogens is 4. The molecule has 3 heterocycles. The Morgan fingerprint density at radius 3 is 1.90 bits per heavy atom. The van der Waals surface area contributed by atoms with Crippen molar-refractivity contribution in [2.75, 3.05) is 18.5 Å². The molecule has 9 heteroatoms. The largest absolute Gasteiger partial charge is 1.00 e. The molecule has 0 spiro atoms. The number of nitrogens with one attached hydrogen (secondary N) is 1. The predicted molar refractivity (Wildman–Crippen MR) is 150 cm³/mol. The molecule has 2 aromatic heterocycles. The Morgan fingerprint density at radius 2 is 1.50 bits per heavy atom. The monoisotopic (exact) mass is 561 g/mol. The molecule has 0 unspecified atom stereocenters. The van der Waals surface area contributed by atoms with Gasteiger partial charge in [0.05, 0.1) is 17.4 Å². The molecule has 3 aromatic rings. The summed E-state index contributed by atoms with van der Waals surface area (Å²) < 4.78 is 22.8. The summed E-state index contributed by atoms with van der Waals surface area (Å²) in [4.78, 5) is 0. The Hall–Kier alpha value is -2.04. The van der Waals surface area contributed by atoms with E-state index < -0.39 is 0 Å². The second kappa shape index (κ2) is 13.3. The molecular formula is C31H42ClFLiN5O. The van der Waals surface area contributed by atoms with Gasteiger partial charge in [-0.05, 0) is 113 Å². The quantitative estimate of drug-likeness (QED) is 0.357. The van der Waals surface area contributed by atoms with Crippen molar-refractivity contribution < 1.29 is 40.4 Å². The van der Waals surface area contributed by atoms with Gasteiger partial charge in [0, 0.05) is 30.3 Å². The van der Waals surface area contributed by atoms with Gasteiger partial charge in [0.1, 0.15) is 5.82 Å². The summed E-state index contributed by atoms with van der Waals surface area (Å²) in [7, 11) is 0. The third kappa shape index (κ3) is 6.54. The molecular weight excluding hydrogens is 520 g/mol. The van der Waals surface area contributed by atoms with E-state index in [-0.39, 0.29) is 54.7 Å². The van der Waals surface area contributed by atoms with Crippen molar-refractivity contribution in [2.45, 2.75) is 79.4 Å². The van der Waals surface area contributed by atoms with Gasteiger partial charge < -0.3 is 22.5 Å². The smallest absolute Gasteiger partial charge is 1.00 e. The van der Waals surface area contributed by atoms with Crippen LogP contribution in [0, 0.1) is 50.8 Å². The van der Waals surface area contributed by atoms with Gasteiger partial charge >= 0.3 is 18.9 Å². The molecule has 1 N–H and O–H groups in total. The number of nitrogens with zero attached hydrogens (tertiary/aromatic N) is 4. The summed E-state index contributed by atoms with van der Waals surface area (Å²) in [6, 6.07) is 10.8. The number of anilines is 1. The minimum absolute atomic E-state index is 0. The molecule has 1 aromatic carbocycles. The number of benzene rings is 1. The van der Waals surface area contributed by atoms with E-state index in [1.165, 1.54) is 37.0 Å². The molecule has 7 rings (SSSR count). The third-order valence-electron chi connectivity index (χ3n) is 8.75. The number of allylic oxidation sites excluding steroid dienone is 1. The van der Waals surface area contributed by atoms with Crippen molar-refractivity contribution in [3.05, 3.63) is 76.6 Å². The SMILES string of the molecule is C1CCOC1.Cc1cc(C)n(C([C@H](Nc2ccc(F)cc2)C2=CC[C@H]3C[C@@H]2C3(C)C)n2nc(C)cc2C)n1.[Cl-].[Li+]. The Balaban J connectivity index is 0.000000570. The van der Waals surface area contributed by atoms with Crippen LogP contribution in [0.4, 0.5) is 10.1 Å². The predicted octanol–water partition coefficient (Wildman–Crippen LogP) is 0.777. The van der Waals surface area contributed by atoms with Crippen LogP contribution in [0.15, 0.2) is 48.0 Å². The minimum atomic E-state index is -0.231. The van der Waals surface area contributed by atoms with Gasteiger partial charge in [-0.25, -0.2) is 13.8 Å². The number of halogens is 2. The average Bonchev–Trinajstić information content (AvgIpc) is 3.64. The molecule has 212 valence electrons. The van der Waals surface area contributed by atoms with Gasteiger partial charge in [-0.1, -0.05) is 19.9 Å². The van der Waals surface area contributed by atoms with Gasteiger partial charge in [0.15, 0.2) is 6.17 Å². The number of rotatable bonds is 6. The van der Waals surface area contributed by atoms with E-state index in [0.717, 1.165) is 54.0 Å². The van der Waals surface area contributed by atoms with E-state index in [2.05, 4.69) is 60.6 Å². The molecule has 1 aliphatic heterocycles. The molecule has 1 saturated carbocycles. The number of aryl methyl sites for hydroxylation is 4. The van der Waals surface area contributed by atoms with Crippen molar-refractivity contribution in [1.29, 1.82) is 0 Å². The molecule has 2 fully saturated rings. The maximum atomic E-state index is 13.7. The zero-order valence-electron chi connectivity index (χ0n) is 25.0. The van der Waals surface area contributed by atoms with Gasteiger partial charge in [-0.15, -0.1) is 0 Å². The van der Waals surface area contributed by atoms with Crippen LogP contribution in [0.3, 0.4) is 0 Å². The van der Waals surface area contributed by atoms with Crippen LogP contribution < -0.4 is 36.6 Å². The second-order valence-corrected chi connectivity index (χ2v) is 11.9. The first-order chi connectivity index (χ1) is 18.1. The van der Waals surface area contributed by atoms with Crippen molar-refractivity contribution in [2.24, 2.45) is 17.3 Å². The van der Waals surface area contributed by atoms with Crippen LogP contribution >= 0.6 is 0 Å². The van der Waals surface area contributed by atoms with Crippen molar-refractivity contribution in [1.82, 2.24) is 19.6 Å².